The molecule has 1 atom stereocenters. The topological polar surface area (TPSA) is 155 Å². The first-order chi connectivity index (χ1) is 5.13. The number of hydrogen-bond acceptors (Lipinski definition) is 6. The van der Waals surface area contributed by atoms with Crippen LogP contribution in [0.4, 0.5) is 0 Å². The smallest absolute Gasteiger partial charge is 0.378 e. The third-order valence-corrected chi connectivity index (χ3v) is 1.01. The molecule has 0 amide bonds. The minimum absolute atomic E-state index is 0.352. The third-order valence-electron chi connectivity index (χ3n) is 0.336. The Bertz CT molecular complexity index is 247. The second kappa shape index (κ2) is 6.28. The third kappa shape index (κ3) is 53.2. The molecule has 0 heterocycles. The zero-order chi connectivity index (χ0) is 10.4. The summed E-state index contributed by atoms with van der Waals surface area (Å²) in [4.78, 5) is 0. The van der Waals surface area contributed by atoms with Crippen LogP contribution in [0.15, 0.2) is 0 Å². The molecular weight excluding hydrogens is 214 g/mol. The van der Waals surface area contributed by atoms with Crippen molar-refractivity contribution in [3.63, 3.8) is 0 Å². The zero-order valence-corrected chi connectivity index (χ0v) is 7.40. The van der Waals surface area contributed by atoms with E-state index in [0.717, 1.165) is 0 Å². The molecule has 12 heavy (non-hydrogen) atoms. The van der Waals surface area contributed by atoms with Crippen molar-refractivity contribution < 1.29 is 31.0 Å². The van der Waals surface area contributed by atoms with Gasteiger partial charge in [-0.2, -0.15) is 8.42 Å². The Labute approximate surface area is 70.5 Å². The summed E-state index contributed by atoms with van der Waals surface area (Å²) in [5.74, 6) is -0.352. The Morgan fingerprint density at radius 2 is 1.58 bits per heavy atom. The van der Waals surface area contributed by atoms with Crippen LogP contribution in [-0.4, -0.2) is 43.0 Å². The average Bonchev–Trinajstić information content (AvgIpc) is 1.52. The molecule has 76 valence electrons. The molecule has 0 spiro atoms. The summed E-state index contributed by atoms with van der Waals surface area (Å²) >= 11 is 0. The highest BCUT2D eigenvalue weighted by Gasteiger charge is 1.93. The molecule has 0 rings (SSSR count). The van der Waals surface area contributed by atoms with Crippen LogP contribution in [0.5, 0.6) is 0 Å². The van der Waals surface area contributed by atoms with Gasteiger partial charge in [0.2, 0.25) is 0 Å². The molecule has 0 radical (unpaired) electrons. The highest BCUT2D eigenvalue weighted by molar-refractivity contribution is 7.79. The van der Waals surface area contributed by atoms with E-state index in [9.17, 15) is 8.42 Å². The second-order valence-corrected chi connectivity index (χ2v) is 3.46. The normalized spacial score (nSPS) is 13.4. The molecule has 0 saturated carbocycles. The van der Waals surface area contributed by atoms with Gasteiger partial charge < -0.3 is 10.8 Å². The van der Waals surface area contributed by atoms with Crippen LogP contribution in [0.1, 0.15) is 0 Å². The molecule has 0 aliphatic heterocycles. The van der Waals surface area contributed by atoms with E-state index >= 15 is 0 Å². The molecule has 0 bridgehead atoms. The number of nitrogens with two attached hydrogens (primary N) is 1. The van der Waals surface area contributed by atoms with Crippen LogP contribution in [-0.2, 0) is 21.1 Å². The maximum absolute atomic E-state index is 9.61. The summed E-state index contributed by atoms with van der Waals surface area (Å²) in [6.45, 7) is 0. The van der Waals surface area contributed by atoms with Crippen molar-refractivity contribution in [1.82, 2.24) is 0 Å². The Kier molecular flexibility index (Phi) is 7.47. The lowest BCUT2D eigenvalue weighted by Gasteiger charge is -1.91. The summed E-state index contributed by atoms with van der Waals surface area (Å²) in [7, 11) is -7.18. The molecule has 0 aliphatic rings. The summed E-state index contributed by atoms with van der Waals surface area (Å²) < 4.78 is 50.8. The van der Waals surface area contributed by atoms with E-state index in [1.54, 1.807) is 0 Å². The SMILES string of the molecule is NC(O)C[SH](=O)=O.O=S(=O)(O)O. The van der Waals surface area contributed by atoms with Gasteiger partial charge in [-0.25, -0.2) is 8.42 Å². The Hall–Kier alpha value is -0.260. The molecule has 5 N–H and O–H groups in total. The van der Waals surface area contributed by atoms with E-state index in [2.05, 4.69) is 5.73 Å². The lowest BCUT2D eigenvalue weighted by atomic mass is 10.7. The van der Waals surface area contributed by atoms with Gasteiger partial charge in [-0.05, 0) is 0 Å². The number of thiol groups is 1. The number of rotatable bonds is 2. The first kappa shape index (κ1) is 14.3. The van der Waals surface area contributed by atoms with Crippen LogP contribution in [0, 0.1) is 0 Å². The fourth-order valence-electron chi connectivity index (χ4n) is 0.153. The van der Waals surface area contributed by atoms with Gasteiger partial charge in [-0.1, -0.05) is 0 Å². The van der Waals surface area contributed by atoms with Crippen molar-refractivity contribution in [2.24, 2.45) is 5.73 Å². The summed E-state index contributed by atoms with van der Waals surface area (Å²) in [5.41, 5.74) is 4.67. The fourth-order valence-corrected chi connectivity index (χ4v) is 0.458. The van der Waals surface area contributed by atoms with Crippen molar-refractivity contribution in [1.29, 1.82) is 0 Å². The quantitative estimate of drug-likeness (QED) is 0.191. The van der Waals surface area contributed by atoms with Crippen molar-refractivity contribution in [2.75, 3.05) is 5.75 Å². The van der Waals surface area contributed by atoms with Crippen LogP contribution in [0.2, 0.25) is 0 Å². The van der Waals surface area contributed by atoms with Gasteiger partial charge in [0, 0.05) is 0 Å². The Morgan fingerprint density at radius 3 is 1.58 bits per heavy atom. The van der Waals surface area contributed by atoms with E-state index in [-0.39, 0.29) is 5.75 Å². The van der Waals surface area contributed by atoms with E-state index in [0.29, 0.717) is 0 Å². The van der Waals surface area contributed by atoms with E-state index < -0.39 is 27.3 Å². The van der Waals surface area contributed by atoms with Crippen LogP contribution in [0.3, 0.4) is 0 Å². The van der Waals surface area contributed by atoms with Crippen LogP contribution >= 0.6 is 0 Å². The first-order valence-electron chi connectivity index (χ1n) is 2.38. The number of aliphatic hydroxyl groups is 1. The lowest BCUT2D eigenvalue weighted by molar-refractivity contribution is 0.206. The number of aliphatic hydroxyl groups excluding tert-OH is 1. The average molecular weight is 223 g/mol. The molecule has 1 unspecified atom stereocenters. The molecule has 10 heteroatoms. The van der Waals surface area contributed by atoms with Crippen molar-refractivity contribution in [2.45, 2.75) is 6.23 Å². The summed E-state index contributed by atoms with van der Waals surface area (Å²) in [6.07, 6.45) is -1.22. The standard InChI is InChI=1S/C2H7NO3S.H2O4S/c3-2(4)1-7(5)6;1-5(2,3)4/h2,4,7H,1,3H2;(H2,1,2,3,4). The predicted molar refractivity (Wildman–Crippen MR) is 39.6 cm³/mol. The highest BCUT2D eigenvalue weighted by Crippen LogP contribution is 1.67. The predicted octanol–water partition coefficient (Wildman–Crippen LogP) is -2.78. The molecule has 0 aromatic rings. The number of hydrogen-bond donors (Lipinski definition) is 5. The maximum Gasteiger partial charge on any atom is 0.394 e. The van der Waals surface area contributed by atoms with Crippen LogP contribution < -0.4 is 5.73 Å². The summed E-state index contributed by atoms with van der Waals surface area (Å²) in [5, 5.41) is 8.12. The molecule has 0 fully saturated rings. The monoisotopic (exact) mass is 223 g/mol. The van der Waals surface area contributed by atoms with Crippen molar-refractivity contribution in [3.8, 4) is 0 Å². The van der Waals surface area contributed by atoms with Gasteiger partial charge >= 0.3 is 10.4 Å². The second-order valence-electron chi connectivity index (χ2n) is 1.53. The van der Waals surface area contributed by atoms with Crippen LogP contribution in [0.25, 0.3) is 0 Å². The largest absolute Gasteiger partial charge is 0.394 e. The van der Waals surface area contributed by atoms with Gasteiger partial charge in [0.1, 0.15) is 16.9 Å². The Balaban J connectivity index is 0. The zero-order valence-electron chi connectivity index (χ0n) is 5.69. The van der Waals surface area contributed by atoms with Crippen molar-refractivity contribution in [3.05, 3.63) is 0 Å². The lowest BCUT2D eigenvalue weighted by Crippen LogP contribution is -2.23. The summed E-state index contributed by atoms with van der Waals surface area (Å²) in [6, 6.07) is 0. The van der Waals surface area contributed by atoms with Gasteiger partial charge in [0.05, 0.1) is 5.75 Å². The minimum Gasteiger partial charge on any atom is -0.378 e. The molecular formula is C2H9NO7S2. The van der Waals surface area contributed by atoms with E-state index in [1.165, 1.54) is 0 Å². The molecule has 0 aliphatic carbocycles. The maximum atomic E-state index is 9.61. The van der Waals surface area contributed by atoms with E-state index in [4.69, 9.17) is 22.6 Å². The first-order valence-corrected chi connectivity index (χ1v) is 5.14. The highest BCUT2D eigenvalue weighted by atomic mass is 32.3. The fraction of sp³-hybridized carbons (Fsp3) is 1.00. The molecule has 0 saturated heterocycles. The van der Waals surface area contributed by atoms with Gasteiger partial charge in [-0.15, -0.1) is 0 Å². The van der Waals surface area contributed by atoms with E-state index in [1.807, 2.05) is 0 Å². The molecule has 8 nitrogen and oxygen atoms in total. The Morgan fingerprint density at radius 1 is 1.33 bits per heavy atom. The molecule has 0 aromatic carbocycles. The van der Waals surface area contributed by atoms with Gasteiger partial charge in [0.25, 0.3) is 0 Å². The van der Waals surface area contributed by atoms with Gasteiger partial charge in [-0.3, -0.25) is 9.11 Å². The minimum atomic E-state index is -4.67. The molecule has 0 aromatic heterocycles. The van der Waals surface area contributed by atoms with Crippen molar-refractivity contribution >= 4 is 21.1 Å². The van der Waals surface area contributed by atoms with Gasteiger partial charge in [0.15, 0.2) is 0 Å².